The number of hydrogen-bond donors (Lipinski definition) is 3. The largest absolute Gasteiger partial charge is 0.392 e. The number of tetrazole rings is 1. The molecule has 1 aliphatic rings. The predicted octanol–water partition coefficient (Wildman–Crippen LogP) is 2.25. The predicted molar refractivity (Wildman–Crippen MR) is 123 cm³/mol. The zero-order valence-electron chi connectivity index (χ0n) is 18.9. The van der Waals surface area contributed by atoms with Crippen molar-refractivity contribution in [1.29, 1.82) is 0 Å². The number of halogens is 1. The number of aromatic nitrogens is 4. The number of benzene rings is 2. The fourth-order valence-electron chi connectivity index (χ4n) is 3.79. The van der Waals surface area contributed by atoms with Gasteiger partial charge in [-0.15, -0.1) is 10.2 Å². The number of nitrogens with zero attached hydrogens (tertiary/aromatic N) is 4. The molecule has 3 aromatic rings. The molecule has 0 unspecified atom stereocenters. The second-order valence-electron chi connectivity index (χ2n) is 8.46. The number of oxime groups is 1. The fourth-order valence-corrected chi connectivity index (χ4v) is 4.66. The maximum Gasteiger partial charge on any atom is 0.264 e. The minimum absolute atomic E-state index is 0.0845. The molecular weight excluding hydrogens is 479 g/mol. The number of rotatable bonds is 8. The van der Waals surface area contributed by atoms with Crippen LogP contribution in [-0.2, 0) is 19.5 Å². The van der Waals surface area contributed by atoms with Crippen molar-refractivity contribution < 1.29 is 27.6 Å². The van der Waals surface area contributed by atoms with Crippen molar-refractivity contribution in [3.63, 3.8) is 0 Å². The standard InChI is InChI=1S/C22H23FN6O5S/c1-22(21(30)26-31,35(2,32)33)10-9-16-12-19(27-34-16)15-7-8-17(18(23)11-15)13-3-5-14(6-4-13)20-24-28-29-25-20/h3-8,11,16,31H,9-10,12H2,1-2H3,(H,26,30)(H,24,25,28,29)/t16-,22+/m0/s1. The number of sulfone groups is 1. The van der Waals surface area contributed by atoms with Crippen LogP contribution >= 0.6 is 0 Å². The first-order valence-corrected chi connectivity index (χ1v) is 12.5. The van der Waals surface area contributed by atoms with Gasteiger partial charge in [-0.1, -0.05) is 41.6 Å². The van der Waals surface area contributed by atoms with E-state index in [0.717, 1.165) is 11.8 Å². The molecule has 0 spiro atoms. The first-order chi connectivity index (χ1) is 16.6. The number of nitrogens with one attached hydrogen (secondary N) is 2. The Labute approximate surface area is 200 Å². The van der Waals surface area contributed by atoms with Crippen LogP contribution in [0.5, 0.6) is 0 Å². The summed E-state index contributed by atoms with van der Waals surface area (Å²) in [6.45, 7) is 1.24. The van der Waals surface area contributed by atoms with Gasteiger partial charge in [-0.3, -0.25) is 10.0 Å². The summed E-state index contributed by atoms with van der Waals surface area (Å²) in [5.41, 5.74) is 4.29. The Balaban J connectivity index is 1.43. The molecule has 0 saturated heterocycles. The number of carbonyl (C=O) groups is 1. The summed E-state index contributed by atoms with van der Waals surface area (Å²) in [6, 6.07) is 11.8. The van der Waals surface area contributed by atoms with E-state index in [0.29, 0.717) is 34.6 Å². The average Bonchev–Trinajstić information content (AvgIpc) is 3.54. The number of hydrogen-bond acceptors (Lipinski definition) is 9. The topological polar surface area (TPSA) is 160 Å². The van der Waals surface area contributed by atoms with Gasteiger partial charge in [-0.05, 0) is 36.6 Å². The molecule has 2 heterocycles. The van der Waals surface area contributed by atoms with E-state index in [4.69, 9.17) is 10.0 Å². The monoisotopic (exact) mass is 502 g/mol. The second-order valence-corrected chi connectivity index (χ2v) is 10.9. The van der Waals surface area contributed by atoms with Crippen molar-refractivity contribution in [2.45, 2.75) is 37.0 Å². The zero-order valence-corrected chi connectivity index (χ0v) is 19.7. The summed E-state index contributed by atoms with van der Waals surface area (Å²) in [5.74, 6) is -1.01. The molecule has 184 valence electrons. The van der Waals surface area contributed by atoms with Gasteiger partial charge in [0.2, 0.25) is 5.82 Å². The Bertz CT molecular complexity index is 1360. The number of aromatic amines is 1. The maximum absolute atomic E-state index is 15.0. The second kappa shape index (κ2) is 9.50. The third kappa shape index (κ3) is 4.91. The molecule has 0 bridgehead atoms. The lowest BCUT2D eigenvalue weighted by Crippen LogP contribution is -2.49. The van der Waals surface area contributed by atoms with E-state index in [1.807, 2.05) is 0 Å². The van der Waals surface area contributed by atoms with Crippen LogP contribution in [0.3, 0.4) is 0 Å². The van der Waals surface area contributed by atoms with E-state index in [-0.39, 0.29) is 12.8 Å². The first kappa shape index (κ1) is 24.4. The van der Waals surface area contributed by atoms with Gasteiger partial charge < -0.3 is 4.84 Å². The first-order valence-electron chi connectivity index (χ1n) is 10.6. The molecule has 4 rings (SSSR count). The third-order valence-electron chi connectivity index (χ3n) is 6.18. The molecule has 1 aromatic heterocycles. The van der Waals surface area contributed by atoms with Crippen LogP contribution in [0.15, 0.2) is 47.6 Å². The van der Waals surface area contributed by atoms with Crippen molar-refractivity contribution in [2.24, 2.45) is 5.16 Å². The van der Waals surface area contributed by atoms with Crippen molar-refractivity contribution in [2.75, 3.05) is 6.26 Å². The van der Waals surface area contributed by atoms with Crippen molar-refractivity contribution in [3.05, 3.63) is 53.8 Å². The van der Waals surface area contributed by atoms with Gasteiger partial charge in [0.15, 0.2) is 9.84 Å². The molecule has 1 amide bonds. The van der Waals surface area contributed by atoms with Gasteiger partial charge >= 0.3 is 0 Å². The summed E-state index contributed by atoms with van der Waals surface area (Å²) >= 11 is 0. The van der Waals surface area contributed by atoms with E-state index in [2.05, 4.69) is 25.8 Å². The SMILES string of the molecule is C[C@@](CC[C@H]1CC(c2ccc(-c3ccc(-c4nn[nH]n4)cc3)c(F)c2)=NO1)(C(=O)NO)S(C)(=O)=O. The molecule has 0 saturated carbocycles. The van der Waals surface area contributed by atoms with Gasteiger partial charge in [0, 0.05) is 29.4 Å². The van der Waals surface area contributed by atoms with Crippen molar-refractivity contribution in [3.8, 4) is 22.5 Å². The van der Waals surface area contributed by atoms with E-state index in [9.17, 15) is 17.6 Å². The average molecular weight is 503 g/mol. The zero-order chi connectivity index (χ0) is 25.2. The van der Waals surface area contributed by atoms with Crippen LogP contribution in [0, 0.1) is 5.82 Å². The number of H-pyrrole nitrogens is 1. The molecule has 1 aliphatic heterocycles. The molecule has 11 nitrogen and oxygen atoms in total. The smallest absolute Gasteiger partial charge is 0.264 e. The van der Waals surface area contributed by atoms with Crippen LogP contribution in [0.4, 0.5) is 4.39 Å². The quantitative estimate of drug-likeness (QED) is 0.312. The molecule has 0 aliphatic carbocycles. The summed E-state index contributed by atoms with van der Waals surface area (Å²) < 4.78 is 37.4. The summed E-state index contributed by atoms with van der Waals surface area (Å²) in [7, 11) is -3.81. The van der Waals surface area contributed by atoms with Gasteiger partial charge in [-0.25, -0.2) is 18.3 Å². The van der Waals surface area contributed by atoms with Gasteiger partial charge in [0.1, 0.15) is 16.7 Å². The Hall–Kier alpha value is -3.71. The van der Waals surface area contributed by atoms with Crippen molar-refractivity contribution >= 4 is 21.5 Å². The minimum Gasteiger partial charge on any atom is -0.392 e. The van der Waals surface area contributed by atoms with Gasteiger partial charge in [0.05, 0.1) is 5.71 Å². The van der Waals surface area contributed by atoms with E-state index in [1.165, 1.54) is 18.5 Å². The molecule has 0 fully saturated rings. The summed E-state index contributed by atoms with van der Waals surface area (Å²) in [5, 5.41) is 26.7. The maximum atomic E-state index is 15.0. The van der Waals surface area contributed by atoms with Crippen LogP contribution in [-0.4, -0.2) is 63.0 Å². The third-order valence-corrected chi connectivity index (χ3v) is 8.20. The molecule has 3 N–H and O–H groups in total. The number of carbonyl (C=O) groups excluding carboxylic acids is 1. The lowest BCUT2D eigenvalue weighted by Gasteiger charge is -2.25. The summed E-state index contributed by atoms with van der Waals surface area (Å²) in [4.78, 5) is 17.4. The highest BCUT2D eigenvalue weighted by Crippen LogP contribution is 2.30. The Kier molecular flexibility index (Phi) is 6.63. The van der Waals surface area contributed by atoms with Crippen molar-refractivity contribution in [1.82, 2.24) is 26.1 Å². The highest BCUT2D eigenvalue weighted by molar-refractivity contribution is 7.92. The molecule has 2 atom stereocenters. The summed E-state index contributed by atoms with van der Waals surface area (Å²) in [6.07, 6.45) is 0.871. The van der Waals surface area contributed by atoms with Crippen LogP contribution in [0.2, 0.25) is 0 Å². The van der Waals surface area contributed by atoms with E-state index >= 15 is 0 Å². The minimum atomic E-state index is -3.81. The van der Waals surface area contributed by atoms with Crippen LogP contribution in [0.1, 0.15) is 31.7 Å². The molecule has 35 heavy (non-hydrogen) atoms. The fraction of sp³-hybridized carbons (Fsp3) is 0.318. The Morgan fingerprint density at radius 3 is 2.51 bits per heavy atom. The Morgan fingerprint density at radius 2 is 1.91 bits per heavy atom. The molecule has 0 radical (unpaired) electrons. The molecule has 13 heteroatoms. The van der Waals surface area contributed by atoms with Gasteiger partial charge in [-0.2, -0.15) is 5.21 Å². The van der Waals surface area contributed by atoms with E-state index < -0.39 is 32.4 Å². The highest BCUT2D eigenvalue weighted by atomic mass is 32.2. The van der Waals surface area contributed by atoms with Crippen LogP contribution < -0.4 is 5.48 Å². The van der Waals surface area contributed by atoms with E-state index in [1.54, 1.807) is 36.4 Å². The lowest BCUT2D eigenvalue weighted by atomic mass is 9.96. The number of hydroxylamine groups is 1. The van der Waals surface area contributed by atoms with Crippen LogP contribution in [0.25, 0.3) is 22.5 Å². The molecule has 2 aromatic carbocycles. The van der Waals surface area contributed by atoms with Gasteiger partial charge in [0.25, 0.3) is 5.91 Å². The highest BCUT2D eigenvalue weighted by Gasteiger charge is 2.44. The number of amides is 1. The normalized spacial score (nSPS) is 17.4. The lowest BCUT2D eigenvalue weighted by molar-refractivity contribution is -0.131. The molecular formula is C22H23FN6O5S. The Morgan fingerprint density at radius 1 is 1.23 bits per heavy atom.